The Labute approximate surface area is 88.9 Å². The SMILES string of the molecule is Cc1cc(N)cnc1[C@H]1CCNC(=O)C1. The van der Waals surface area contributed by atoms with Gasteiger partial charge in [0.1, 0.15) is 0 Å². The molecule has 1 amide bonds. The molecule has 1 aromatic rings. The summed E-state index contributed by atoms with van der Waals surface area (Å²) in [5.41, 5.74) is 8.41. The number of aryl methyl sites for hydroxylation is 1. The number of pyridine rings is 1. The van der Waals surface area contributed by atoms with E-state index in [4.69, 9.17) is 5.73 Å². The van der Waals surface area contributed by atoms with Crippen LogP contribution in [0.1, 0.15) is 30.0 Å². The van der Waals surface area contributed by atoms with E-state index in [1.165, 1.54) is 0 Å². The Morgan fingerprint density at radius 3 is 3.07 bits per heavy atom. The Morgan fingerprint density at radius 1 is 1.60 bits per heavy atom. The van der Waals surface area contributed by atoms with E-state index in [2.05, 4.69) is 10.3 Å². The minimum absolute atomic E-state index is 0.115. The van der Waals surface area contributed by atoms with Gasteiger partial charge in [-0.05, 0) is 25.0 Å². The van der Waals surface area contributed by atoms with Gasteiger partial charge in [-0.2, -0.15) is 0 Å². The fraction of sp³-hybridized carbons (Fsp3) is 0.455. The molecular formula is C11H15N3O. The van der Waals surface area contributed by atoms with Crippen LogP contribution in [-0.2, 0) is 4.79 Å². The number of carbonyl (C=O) groups is 1. The standard InChI is InChI=1S/C11H15N3O/c1-7-4-9(12)6-14-11(7)8-2-3-13-10(15)5-8/h4,6,8H,2-3,5,12H2,1H3,(H,13,15)/t8-/m0/s1. The zero-order chi connectivity index (χ0) is 10.8. The summed E-state index contributed by atoms with van der Waals surface area (Å²) in [5.74, 6) is 0.364. The van der Waals surface area contributed by atoms with Gasteiger partial charge in [0.2, 0.25) is 5.91 Å². The maximum atomic E-state index is 11.3. The lowest BCUT2D eigenvalue weighted by Crippen LogP contribution is -2.33. The number of nitrogens with zero attached hydrogens (tertiary/aromatic N) is 1. The second-order valence-electron chi connectivity index (χ2n) is 4.01. The van der Waals surface area contributed by atoms with E-state index in [0.717, 1.165) is 24.2 Å². The van der Waals surface area contributed by atoms with E-state index in [9.17, 15) is 4.79 Å². The number of amides is 1. The van der Waals surface area contributed by atoms with Crippen molar-refractivity contribution in [2.75, 3.05) is 12.3 Å². The summed E-state index contributed by atoms with van der Waals surface area (Å²) < 4.78 is 0. The van der Waals surface area contributed by atoms with Crippen molar-refractivity contribution >= 4 is 11.6 Å². The molecule has 1 saturated heterocycles. The molecule has 4 nitrogen and oxygen atoms in total. The smallest absolute Gasteiger partial charge is 0.220 e. The fourth-order valence-corrected chi connectivity index (χ4v) is 2.05. The highest BCUT2D eigenvalue weighted by molar-refractivity contribution is 5.77. The van der Waals surface area contributed by atoms with Crippen LogP contribution in [0.15, 0.2) is 12.3 Å². The van der Waals surface area contributed by atoms with Gasteiger partial charge >= 0.3 is 0 Å². The molecule has 3 N–H and O–H groups in total. The van der Waals surface area contributed by atoms with Crippen molar-refractivity contribution in [1.82, 2.24) is 10.3 Å². The molecule has 2 heterocycles. The molecule has 2 rings (SSSR count). The normalized spacial score (nSPS) is 21.1. The van der Waals surface area contributed by atoms with Crippen molar-refractivity contribution in [2.45, 2.75) is 25.7 Å². The average molecular weight is 205 g/mol. The van der Waals surface area contributed by atoms with Crippen molar-refractivity contribution in [3.8, 4) is 0 Å². The molecule has 1 aliphatic heterocycles. The number of nitrogen functional groups attached to an aromatic ring is 1. The zero-order valence-electron chi connectivity index (χ0n) is 8.79. The van der Waals surface area contributed by atoms with Gasteiger partial charge in [0, 0.05) is 24.6 Å². The minimum Gasteiger partial charge on any atom is -0.397 e. The second-order valence-corrected chi connectivity index (χ2v) is 4.01. The number of hydrogen-bond acceptors (Lipinski definition) is 3. The van der Waals surface area contributed by atoms with Gasteiger partial charge in [-0.1, -0.05) is 0 Å². The van der Waals surface area contributed by atoms with Crippen molar-refractivity contribution in [3.63, 3.8) is 0 Å². The molecule has 0 spiro atoms. The summed E-state index contributed by atoms with van der Waals surface area (Å²) in [5, 5.41) is 2.82. The summed E-state index contributed by atoms with van der Waals surface area (Å²) in [6.07, 6.45) is 3.16. The first-order valence-electron chi connectivity index (χ1n) is 5.15. The molecule has 0 saturated carbocycles. The fourth-order valence-electron chi connectivity index (χ4n) is 2.05. The van der Waals surface area contributed by atoms with Gasteiger partial charge in [-0.25, -0.2) is 0 Å². The maximum absolute atomic E-state index is 11.3. The third-order valence-corrected chi connectivity index (χ3v) is 2.77. The zero-order valence-corrected chi connectivity index (χ0v) is 8.79. The van der Waals surface area contributed by atoms with E-state index in [0.29, 0.717) is 12.1 Å². The van der Waals surface area contributed by atoms with Crippen LogP contribution < -0.4 is 11.1 Å². The van der Waals surface area contributed by atoms with Gasteiger partial charge in [0.25, 0.3) is 0 Å². The Kier molecular flexibility index (Phi) is 2.58. The molecule has 1 aliphatic rings. The lowest BCUT2D eigenvalue weighted by Gasteiger charge is -2.22. The highest BCUT2D eigenvalue weighted by atomic mass is 16.1. The van der Waals surface area contributed by atoms with Gasteiger partial charge in [0.15, 0.2) is 0 Å². The van der Waals surface area contributed by atoms with Crippen LogP contribution in [0.5, 0.6) is 0 Å². The molecule has 0 aromatic carbocycles. The first-order valence-corrected chi connectivity index (χ1v) is 5.15. The first kappa shape index (κ1) is 9.96. The summed E-state index contributed by atoms with van der Waals surface area (Å²) in [6, 6.07) is 1.91. The lowest BCUT2D eigenvalue weighted by molar-refractivity contribution is -0.122. The van der Waals surface area contributed by atoms with Gasteiger partial charge in [0.05, 0.1) is 11.9 Å². The van der Waals surface area contributed by atoms with E-state index in [1.807, 2.05) is 13.0 Å². The second kappa shape index (κ2) is 3.88. The highest BCUT2D eigenvalue weighted by Crippen LogP contribution is 2.27. The predicted molar refractivity (Wildman–Crippen MR) is 58.4 cm³/mol. The van der Waals surface area contributed by atoms with Crippen LogP contribution in [0.2, 0.25) is 0 Å². The van der Waals surface area contributed by atoms with Crippen LogP contribution in [0.25, 0.3) is 0 Å². The molecule has 15 heavy (non-hydrogen) atoms. The molecule has 0 aliphatic carbocycles. The van der Waals surface area contributed by atoms with Crippen LogP contribution in [0.4, 0.5) is 5.69 Å². The van der Waals surface area contributed by atoms with E-state index in [-0.39, 0.29) is 11.8 Å². The third-order valence-electron chi connectivity index (χ3n) is 2.77. The number of hydrogen-bond donors (Lipinski definition) is 2. The lowest BCUT2D eigenvalue weighted by atomic mass is 9.91. The monoisotopic (exact) mass is 205 g/mol. The molecular weight excluding hydrogens is 190 g/mol. The van der Waals surface area contributed by atoms with E-state index in [1.54, 1.807) is 6.20 Å². The summed E-state index contributed by atoms with van der Waals surface area (Å²) >= 11 is 0. The molecule has 1 atom stereocenters. The molecule has 0 bridgehead atoms. The first-order chi connectivity index (χ1) is 7.16. The molecule has 80 valence electrons. The van der Waals surface area contributed by atoms with Gasteiger partial charge in [-0.15, -0.1) is 0 Å². The topological polar surface area (TPSA) is 68.0 Å². The Hall–Kier alpha value is -1.58. The predicted octanol–water partition coefficient (Wildman–Crippen LogP) is 0.966. The van der Waals surface area contributed by atoms with Gasteiger partial charge in [-0.3, -0.25) is 9.78 Å². The Morgan fingerprint density at radius 2 is 2.40 bits per heavy atom. The number of aromatic nitrogens is 1. The maximum Gasteiger partial charge on any atom is 0.220 e. The number of nitrogens with one attached hydrogen (secondary N) is 1. The van der Waals surface area contributed by atoms with E-state index < -0.39 is 0 Å². The van der Waals surface area contributed by atoms with Crippen LogP contribution in [0.3, 0.4) is 0 Å². The highest BCUT2D eigenvalue weighted by Gasteiger charge is 2.22. The molecule has 4 heteroatoms. The quantitative estimate of drug-likeness (QED) is 0.717. The average Bonchev–Trinajstić information content (AvgIpc) is 2.17. The summed E-state index contributed by atoms with van der Waals surface area (Å²) in [7, 11) is 0. The summed E-state index contributed by atoms with van der Waals surface area (Å²) in [4.78, 5) is 15.6. The minimum atomic E-state index is 0.115. The number of piperidine rings is 1. The number of anilines is 1. The molecule has 0 radical (unpaired) electrons. The largest absolute Gasteiger partial charge is 0.397 e. The number of nitrogens with two attached hydrogens (primary N) is 1. The number of carbonyl (C=O) groups excluding carboxylic acids is 1. The van der Waals surface area contributed by atoms with Gasteiger partial charge < -0.3 is 11.1 Å². The Bertz CT molecular complexity index is 389. The van der Waals surface area contributed by atoms with Crippen LogP contribution in [0, 0.1) is 6.92 Å². The molecule has 0 unspecified atom stereocenters. The third kappa shape index (κ3) is 2.09. The summed E-state index contributed by atoms with van der Waals surface area (Å²) in [6.45, 7) is 2.74. The van der Waals surface area contributed by atoms with Crippen molar-refractivity contribution in [1.29, 1.82) is 0 Å². The van der Waals surface area contributed by atoms with Crippen LogP contribution >= 0.6 is 0 Å². The molecule has 1 fully saturated rings. The molecule has 1 aromatic heterocycles. The van der Waals surface area contributed by atoms with Crippen molar-refractivity contribution in [3.05, 3.63) is 23.5 Å². The number of rotatable bonds is 1. The van der Waals surface area contributed by atoms with E-state index >= 15 is 0 Å². The van der Waals surface area contributed by atoms with Crippen molar-refractivity contribution in [2.24, 2.45) is 0 Å². The Balaban J connectivity index is 2.24. The van der Waals surface area contributed by atoms with Crippen LogP contribution in [-0.4, -0.2) is 17.4 Å². The van der Waals surface area contributed by atoms with Crippen molar-refractivity contribution < 1.29 is 4.79 Å².